The highest BCUT2D eigenvalue weighted by molar-refractivity contribution is 7.92. The Labute approximate surface area is 155 Å². The summed E-state index contributed by atoms with van der Waals surface area (Å²) in [5, 5.41) is 5.81. The molecule has 2 N–H and O–H groups in total. The van der Waals surface area contributed by atoms with Crippen LogP contribution in [0.2, 0.25) is 0 Å². The molecule has 2 rings (SSSR count). The second kappa shape index (κ2) is 9.35. The molecule has 0 saturated carbocycles. The Morgan fingerprint density at radius 3 is 2.42 bits per heavy atom. The summed E-state index contributed by atoms with van der Waals surface area (Å²) in [6, 6.07) is 15.1. The van der Waals surface area contributed by atoms with E-state index in [1.165, 1.54) is 16.4 Å². The topological polar surface area (TPSA) is 78.5 Å². The van der Waals surface area contributed by atoms with E-state index in [2.05, 4.69) is 10.6 Å². The largest absolute Gasteiger partial charge is 0.352 e. The van der Waals surface area contributed by atoms with E-state index in [0.717, 1.165) is 13.0 Å². The van der Waals surface area contributed by atoms with Crippen molar-refractivity contribution in [1.29, 1.82) is 0 Å². The van der Waals surface area contributed by atoms with Gasteiger partial charge in [-0.15, -0.1) is 0 Å². The van der Waals surface area contributed by atoms with E-state index in [4.69, 9.17) is 0 Å². The quantitative estimate of drug-likeness (QED) is 0.659. The Morgan fingerprint density at radius 2 is 1.77 bits per heavy atom. The summed E-state index contributed by atoms with van der Waals surface area (Å²) in [4.78, 5) is 12.4. The van der Waals surface area contributed by atoms with Gasteiger partial charge in [0.05, 0.1) is 10.6 Å². The summed E-state index contributed by atoms with van der Waals surface area (Å²) >= 11 is 0. The van der Waals surface area contributed by atoms with Crippen LogP contribution in [0.3, 0.4) is 0 Å². The van der Waals surface area contributed by atoms with Gasteiger partial charge in [0.1, 0.15) is 0 Å². The molecule has 0 heterocycles. The zero-order chi connectivity index (χ0) is 19.0. The van der Waals surface area contributed by atoms with Crippen LogP contribution in [0.4, 0.5) is 5.69 Å². The fourth-order valence-corrected chi connectivity index (χ4v) is 4.10. The van der Waals surface area contributed by atoms with E-state index in [-0.39, 0.29) is 10.8 Å². The van der Waals surface area contributed by atoms with Crippen molar-refractivity contribution in [1.82, 2.24) is 10.6 Å². The molecule has 2 aromatic carbocycles. The van der Waals surface area contributed by atoms with Crippen LogP contribution < -0.4 is 14.9 Å². The van der Waals surface area contributed by atoms with E-state index < -0.39 is 10.0 Å². The second-order valence-corrected chi connectivity index (χ2v) is 7.61. The summed E-state index contributed by atoms with van der Waals surface area (Å²) in [6.45, 7) is 3.41. The predicted octanol–water partition coefficient (Wildman–Crippen LogP) is 2.24. The number of anilines is 1. The van der Waals surface area contributed by atoms with Gasteiger partial charge in [0.15, 0.2) is 0 Å². The maximum absolute atomic E-state index is 13.0. The first-order valence-corrected chi connectivity index (χ1v) is 10.1. The van der Waals surface area contributed by atoms with Gasteiger partial charge in [0.2, 0.25) is 0 Å². The number of para-hydroxylation sites is 1. The number of carbonyl (C=O) groups excluding carboxylic acids is 1. The lowest BCUT2D eigenvalue weighted by molar-refractivity contribution is 0.0953. The maximum atomic E-state index is 13.0. The van der Waals surface area contributed by atoms with E-state index >= 15 is 0 Å². The number of sulfonamides is 1. The molecule has 0 aromatic heterocycles. The Kier molecular flexibility index (Phi) is 7.17. The highest BCUT2D eigenvalue weighted by Crippen LogP contribution is 2.23. The highest BCUT2D eigenvalue weighted by atomic mass is 32.2. The molecule has 0 aliphatic carbocycles. The second-order valence-electron chi connectivity index (χ2n) is 5.75. The molecule has 7 heteroatoms. The fourth-order valence-electron chi connectivity index (χ4n) is 2.58. The summed E-state index contributed by atoms with van der Waals surface area (Å²) in [7, 11) is -1.90. The lowest BCUT2D eigenvalue weighted by Gasteiger charge is -2.23. The molecular formula is C19H25N3O3S. The van der Waals surface area contributed by atoms with Crippen LogP contribution in [0.15, 0.2) is 59.5 Å². The van der Waals surface area contributed by atoms with Crippen LogP contribution in [-0.4, -0.2) is 41.0 Å². The summed E-state index contributed by atoms with van der Waals surface area (Å²) in [6.07, 6.45) is 0.803. The third kappa shape index (κ3) is 4.83. The molecule has 0 aliphatic heterocycles. The van der Waals surface area contributed by atoms with E-state index in [0.29, 0.717) is 24.3 Å². The van der Waals surface area contributed by atoms with Crippen molar-refractivity contribution in [3.63, 3.8) is 0 Å². The Hall–Kier alpha value is -2.38. The lowest BCUT2D eigenvalue weighted by Crippen LogP contribution is -2.31. The van der Waals surface area contributed by atoms with Crippen molar-refractivity contribution < 1.29 is 13.2 Å². The monoisotopic (exact) mass is 375 g/mol. The van der Waals surface area contributed by atoms with Gasteiger partial charge in [-0.1, -0.05) is 24.3 Å². The maximum Gasteiger partial charge on any atom is 0.264 e. The van der Waals surface area contributed by atoms with E-state index in [1.54, 1.807) is 43.3 Å². The molecule has 0 bridgehead atoms. The zero-order valence-corrected chi connectivity index (χ0v) is 15.9. The van der Waals surface area contributed by atoms with Crippen LogP contribution in [0.25, 0.3) is 0 Å². The Balaban J connectivity index is 2.23. The number of nitrogens with zero attached hydrogens (tertiary/aromatic N) is 1. The third-order valence-electron chi connectivity index (χ3n) is 3.90. The van der Waals surface area contributed by atoms with Crippen molar-refractivity contribution in [3.8, 4) is 0 Å². The van der Waals surface area contributed by atoms with E-state index in [9.17, 15) is 13.2 Å². The first-order chi connectivity index (χ1) is 12.5. The number of nitrogens with one attached hydrogen (secondary N) is 2. The molecule has 1 amide bonds. The minimum Gasteiger partial charge on any atom is -0.352 e. The van der Waals surface area contributed by atoms with Gasteiger partial charge in [-0.05, 0) is 57.3 Å². The van der Waals surface area contributed by atoms with Crippen molar-refractivity contribution >= 4 is 21.6 Å². The van der Waals surface area contributed by atoms with Crippen molar-refractivity contribution in [2.45, 2.75) is 18.2 Å². The number of hydrogen-bond donors (Lipinski definition) is 2. The van der Waals surface area contributed by atoms with Crippen molar-refractivity contribution in [2.24, 2.45) is 0 Å². The van der Waals surface area contributed by atoms with Crippen LogP contribution in [-0.2, 0) is 10.0 Å². The zero-order valence-electron chi connectivity index (χ0n) is 15.1. The highest BCUT2D eigenvalue weighted by Gasteiger charge is 2.24. The van der Waals surface area contributed by atoms with Gasteiger partial charge < -0.3 is 10.6 Å². The van der Waals surface area contributed by atoms with Gasteiger partial charge in [-0.3, -0.25) is 9.10 Å². The number of amides is 1. The summed E-state index contributed by atoms with van der Waals surface area (Å²) < 4.78 is 27.4. The van der Waals surface area contributed by atoms with Gasteiger partial charge in [0, 0.05) is 18.7 Å². The van der Waals surface area contributed by atoms with Crippen LogP contribution in [0.5, 0.6) is 0 Å². The summed E-state index contributed by atoms with van der Waals surface area (Å²) in [5.74, 6) is -0.277. The Morgan fingerprint density at radius 1 is 1.04 bits per heavy atom. The average Bonchev–Trinajstić information content (AvgIpc) is 2.66. The van der Waals surface area contributed by atoms with Gasteiger partial charge in [-0.25, -0.2) is 8.42 Å². The van der Waals surface area contributed by atoms with Crippen molar-refractivity contribution in [2.75, 3.05) is 31.0 Å². The predicted molar refractivity (Wildman–Crippen MR) is 104 cm³/mol. The molecular weight excluding hydrogens is 350 g/mol. The molecule has 0 radical (unpaired) electrons. The van der Waals surface area contributed by atoms with Gasteiger partial charge in [-0.2, -0.15) is 0 Å². The molecule has 0 saturated heterocycles. The first kappa shape index (κ1) is 19.9. The average molecular weight is 375 g/mol. The number of carbonyl (C=O) groups is 1. The van der Waals surface area contributed by atoms with Gasteiger partial charge >= 0.3 is 0 Å². The molecule has 0 spiro atoms. The SMILES string of the molecule is CCN(c1ccccc1)S(=O)(=O)c1cccc(C(=O)NCCCNC)c1. The molecule has 0 aliphatic rings. The normalized spacial score (nSPS) is 11.2. The van der Waals surface area contributed by atoms with Gasteiger partial charge in [0.25, 0.3) is 15.9 Å². The molecule has 0 fully saturated rings. The number of rotatable bonds is 9. The summed E-state index contributed by atoms with van der Waals surface area (Å²) in [5.41, 5.74) is 0.927. The van der Waals surface area contributed by atoms with E-state index in [1.807, 2.05) is 13.1 Å². The minimum absolute atomic E-state index is 0.103. The van der Waals surface area contributed by atoms with Crippen LogP contribution in [0, 0.1) is 0 Å². The van der Waals surface area contributed by atoms with Crippen molar-refractivity contribution in [3.05, 3.63) is 60.2 Å². The molecule has 0 unspecified atom stereocenters. The first-order valence-electron chi connectivity index (χ1n) is 8.61. The molecule has 6 nitrogen and oxygen atoms in total. The molecule has 140 valence electrons. The number of benzene rings is 2. The number of hydrogen-bond acceptors (Lipinski definition) is 4. The standard InChI is InChI=1S/C19H25N3O3S/c1-3-22(17-10-5-4-6-11-17)26(24,25)18-12-7-9-16(15-18)19(23)21-14-8-13-20-2/h4-7,9-12,15,20H,3,8,13-14H2,1-2H3,(H,21,23). The molecule has 0 atom stereocenters. The molecule has 2 aromatic rings. The van der Waals surface area contributed by atoms with Crippen LogP contribution in [0.1, 0.15) is 23.7 Å². The smallest absolute Gasteiger partial charge is 0.264 e. The van der Waals surface area contributed by atoms with Crippen LogP contribution >= 0.6 is 0 Å². The fraction of sp³-hybridized carbons (Fsp3) is 0.316. The lowest BCUT2D eigenvalue weighted by atomic mass is 10.2. The molecule has 26 heavy (non-hydrogen) atoms. The Bertz CT molecular complexity index is 823. The third-order valence-corrected chi connectivity index (χ3v) is 5.80. The minimum atomic E-state index is -3.75.